The normalized spacial score (nSPS) is 15.0. The first-order valence-electron chi connectivity index (χ1n) is 34.8. The van der Waals surface area contributed by atoms with Gasteiger partial charge in [0.05, 0.1) is 26.4 Å². The Morgan fingerprint density at radius 3 is 0.826 bits per heavy atom. The zero-order valence-corrected chi connectivity index (χ0v) is 57.7. The van der Waals surface area contributed by atoms with Gasteiger partial charge in [-0.05, 0) is 49.4 Å². The zero-order chi connectivity index (χ0) is 63.9. The third kappa shape index (κ3) is 58.4. The molecule has 86 heavy (non-hydrogen) atoms. The molecule has 0 amide bonds. The summed E-state index contributed by atoms with van der Waals surface area (Å²) >= 11 is 0. The SMILES string of the molecule is CCC(C)CCCCCCCCC(=O)OC[C@H](COP(=O)(O)OC[C@H](O)COP(=O)(O)OC[C@@H](COC(=O)CCCCCCCCCCCCCCCCC(C)C)OC(=O)CCCCCCCCC(C)CC)OC(=O)CCCCCCCCC(C)C. The second-order valence-electron chi connectivity index (χ2n) is 25.6. The molecule has 0 aliphatic heterocycles. The third-order valence-electron chi connectivity index (χ3n) is 16.0. The van der Waals surface area contributed by atoms with Crippen molar-refractivity contribution < 1.29 is 80.2 Å². The molecule has 0 aliphatic rings. The fourth-order valence-electron chi connectivity index (χ4n) is 9.89. The monoisotopic (exact) mass is 1270 g/mol. The Morgan fingerprint density at radius 1 is 0.326 bits per heavy atom. The molecule has 17 nitrogen and oxygen atoms in total. The van der Waals surface area contributed by atoms with Crippen LogP contribution in [-0.4, -0.2) is 96.7 Å². The minimum Gasteiger partial charge on any atom is -0.462 e. The second kappa shape index (κ2) is 57.0. The van der Waals surface area contributed by atoms with Crippen LogP contribution in [0.3, 0.4) is 0 Å². The molecule has 0 fully saturated rings. The molecule has 0 aliphatic carbocycles. The topological polar surface area (TPSA) is 237 Å². The van der Waals surface area contributed by atoms with Gasteiger partial charge in [0.25, 0.3) is 0 Å². The van der Waals surface area contributed by atoms with Crippen LogP contribution < -0.4 is 0 Å². The van der Waals surface area contributed by atoms with Crippen molar-refractivity contribution in [2.24, 2.45) is 23.7 Å². The number of phosphoric ester groups is 2. The van der Waals surface area contributed by atoms with Gasteiger partial charge >= 0.3 is 39.5 Å². The van der Waals surface area contributed by atoms with E-state index >= 15 is 0 Å². The van der Waals surface area contributed by atoms with Gasteiger partial charge in [-0.15, -0.1) is 0 Å². The Bertz CT molecular complexity index is 1720. The number of hydrogen-bond donors (Lipinski definition) is 3. The van der Waals surface area contributed by atoms with Gasteiger partial charge in [0, 0.05) is 25.7 Å². The number of carbonyl (C=O) groups is 4. The van der Waals surface area contributed by atoms with E-state index in [2.05, 4.69) is 55.4 Å². The van der Waals surface area contributed by atoms with E-state index in [9.17, 15) is 43.2 Å². The molecule has 0 aromatic rings. The molecular formula is C67H130O17P2. The summed E-state index contributed by atoms with van der Waals surface area (Å²) in [6.45, 7) is 14.0. The highest BCUT2D eigenvalue weighted by molar-refractivity contribution is 7.47. The molecule has 0 bridgehead atoms. The molecule has 0 heterocycles. The van der Waals surface area contributed by atoms with Crippen molar-refractivity contribution in [3.63, 3.8) is 0 Å². The number of aliphatic hydroxyl groups excluding tert-OH is 1. The first kappa shape index (κ1) is 84.1. The molecule has 7 atom stereocenters. The summed E-state index contributed by atoms with van der Waals surface area (Å²) in [6.07, 6.45) is 37.9. The van der Waals surface area contributed by atoms with Crippen LogP contribution >= 0.6 is 15.6 Å². The van der Waals surface area contributed by atoms with Gasteiger partial charge < -0.3 is 33.8 Å². The lowest BCUT2D eigenvalue weighted by molar-refractivity contribution is -0.161. The van der Waals surface area contributed by atoms with Crippen molar-refractivity contribution in [3.8, 4) is 0 Å². The highest BCUT2D eigenvalue weighted by Gasteiger charge is 2.30. The molecule has 19 heteroatoms. The van der Waals surface area contributed by atoms with E-state index in [1.54, 1.807) is 0 Å². The number of carbonyl (C=O) groups excluding carboxylic acids is 4. The Labute approximate surface area is 524 Å². The van der Waals surface area contributed by atoms with Gasteiger partial charge in [0.2, 0.25) is 0 Å². The summed E-state index contributed by atoms with van der Waals surface area (Å²) in [5.41, 5.74) is 0. The average Bonchev–Trinajstić information content (AvgIpc) is 3.64. The summed E-state index contributed by atoms with van der Waals surface area (Å²) in [5, 5.41) is 10.5. The summed E-state index contributed by atoms with van der Waals surface area (Å²) < 4.78 is 68.1. The first-order chi connectivity index (χ1) is 41.2. The number of rotatable bonds is 64. The fourth-order valence-corrected chi connectivity index (χ4v) is 11.5. The van der Waals surface area contributed by atoms with Crippen LogP contribution in [0.15, 0.2) is 0 Å². The van der Waals surface area contributed by atoms with E-state index in [1.807, 2.05) is 0 Å². The molecule has 4 unspecified atom stereocenters. The van der Waals surface area contributed by atoms with Crippen LogP contribution in [0.25, 0.3) is 0 Å². The number of unbranched alkanes of at least 4 members (excludes halogenated alkanes) is 28. The van der Waals surface area contributed by atoms with Crippen LogP contribution in [0, 0.1) is 23.7 Å². The van der Waals surface area contributed by atoms with Gasteiger partial charge in [-0.1, -0.05) is 274 Å². The quantitative estimate of drug-likeness (QED) is 0.0222. The number of hydrogen-bond acceptors (Lipinski definition) is 15. The third-order valence-corrected chi connectivity index (χ3v) is 17.9. The van der Waals surface area contributed by atoms with E-state index in [4.69, 9.17) is 37.0 Å². The Balaban J connectivity index is 5.19. The number of ether oxygens (including phenoxy) is 4. The number of esters is 4. The van der Waals surface area contributed by atoms with Crippen LogP contribution in [0.2, 0.25) is 0 Å². The average molecular weight is 1270 g/mol. The lowest BCUT2D eigenvalue weighted by Gasteiger charge is -2.21. The van der Waals surface area contributed by atoms with Crippen LogP contribution in [-0.2, 0) is 65.4 Å². The molecule has 0 aromatic heterocycles. The second-order valence-corrected chi connectivity index (χ2v) is 28.6. The van der Waals surface area contributed by atoms with Gasteiger partial charge in [0.15, 0.2) is 12.2 Å². The summed E-state index contributed by atoms with van der Waals surface area (Å²) in [5.74, 6) is 0.778. The summed E-state index contributed by atoms with van der Waals surface area (Å²) in [4.78, 5) is 72.3. The van der Waals surface area contributed by atoms with Gasteiger partial charge in [0.1, 0.15) is 19.3 Å². The predicted molar refractivity (Wildman–Crippen MR) is 344 cm³/mol. The lowest BCUT2D eigenvalue weighted by atomic mass is 10.00. The summed E-state index contributed by atoms with van der Waals surface area (Å²) in [6, 6.07) is 0. The fraction of sp³-hybridized carbons (Fsp3) is 0.940. The predicted octanol–water partition coefficient (Wildman–Crippen LogP) is 18.5. The van der Waals surface area contributed by atoms with E-state index in [0.29, 0.717) is 31.6 Å². The number of aliphatic hydroxyl groups is 1. The Morgan fingerprint density at radius 2 is 0.558 bits per heavy atom. The molecule has 0 spiro atoms. The molecule has 0 rings (SSSR count). The smallest absolute Gasteiger partial charge is 0.462 e. The maximum atomic E-state index is 13.0. The molecule has 0 aromatic carbocycles. The van der Waals surface area contributed by atoms with Crippen LogP contribution in [0.5, 0.6) is 0 Å². The molecule has 0 saturated heterocycles. The van der Waals surface area contributed by atoms with Crippen molar-refractivity contribution in [2.75, 3.05) is 39.6 Å². The van der Waals surface area contributed by atoms with Crippen LogP contribution in [0.1, 0.15) is 325 Å². The van der Waals surface area contributed by atoms with E-state index in [0.717, 1.165) is 114 Å². The molecule has 510 valence electrons. The highest BCUT2D eigenvalue weighted by Crippen LogP contribution is 2.45. The Kier molecular flexibility index (Phi) is 55.7. The van der Waals surface area contributed by atoms with Crippen molar-refractivity contribution in [3.05, 3.63) is 0 Å². The largest absolute Gasteiger partial charge is 0.472 e. The van der Waals surface area contributed by atoms with E-state index in [-0.39, 0.29) is 25.7 Å². The Hall–Kier alpha value is -1.94. The van der Waals surface area contributed by atoms with Gasteiger partial charge in [-0.3, -0.25) is 37.3 Å². The lowest BCUT2D eigenvalue weighted by Crippen LogP contribution is -2.30. The first-order valence-corrected chi connectivity index (χ1v) is 37.8. The van der Waals surface area contributed by atoms with Crippen molar-refractivity contribution >= 4 is 39.5 Å². The minimum absolute atomic E-state index is 0.101. The van der Waals surface area contributed by atoms with Crippen molar-refractivity contribution in [2.45, 2.75) is 343 Å². The minimum atomic E-state index is -4.95. The van der Waals surface area contributed by atoms with Crippen molar-refractivity contribution in [1.29, 1.82) is 0 Å². The zero-order valence-electron chi connectivity index (χ0n) is 55.9. The van der Waals surface area contributed by atoms with Crippen LogP contribution in [0.4, 0.5) is 0 Å². The van der Waals surface area contributed by atoms with Crippen molar-refractivity contribution in [1.82, 2.24) is 0 Å². The van der Waals surface area contributed by atoms with Gasteiger partial charge in [-0.25, -0.2) is 9.13 Å². The molecule has 0 saturated carbocycles. The van der Waals surface area contributed by atoms with E-state index < -0.39 is 97.5 Å². The highest BCUT2D eigenvalue weighted by atomic mass is 31.2. The molecular weight excluding hydrogens is 1140 g/mol. The van der Waals surface area contributed by atoms with Gasteiger partial charge in [-0.2, -0.15) is 0 Å². The summed E-state index contributed by atoms with van der Waals surface area (Å²) in [7, 11) is -9.89. The van der Waals surface area contributed by atoms with E-state index in [1.165, 1.54) is 122 Å². The standard InChI is InChI=1S/C67H130O17P2/c1-9-59(7)45-37-29-22-25-32-40-48-65(70)78-54-63(83-66(71)49-41-33-24-21-28-36-44-58(5)6)56-82-86(75,76)80-52-61(68)51-79-85(73,74)81-55-62(84-67(72)50-42-34-26-23-30-38-46-60(8)10-2)53-77-64(69)47-39-31-20-18-16-14-12-11-13-15-17-19-27-35-43-57(3)4/h57-63,68H,9-56H2,1-8H3,(H,73,74)(H,75,76)/t59?,60?,61-,62-,63-/m1/s1. The molecule has 3 N–H and O–H groups in total. The number of phosphoric acid groups is 2. The maximum Gasteiger partial charge on any atom is 0.472 e. The maximum absolute atomic E-state index is 13.0. The molecule has 0 radical (unpaired) electrons.